The number of hydrogen-bond donors (Lipinski definition) is 2. The minimum atomic E-state index is -0.224. The third kappa shape index (κ3) is 5.13. The molecule has 0 spiro atoms. The first-order chi connectivity index (χ1) is 11.6. The fourth-order valence-electron chi connectivity index (χ4n) is 2.19. The molecule has 0 fully saturated rings. The van der Waals surface area contributed by atoms with Crippen molar-refractivity contribution in [1.82, 2.24) is 15.5 Å². The van der Waals surface area contributed by atoms with Crippen molar-refractivity contribution in [2.24, 2.45) is 4.99 Å². The molecular formula is C17H21BrN4O2. The van der Waals surface area contributed by atoms with Crippen LogP contribution in [0.4, 0.5) is 0 Å². The predicted molar refractivity (Wildman–Crippen MR) is 98.0 cm³/mol. The average Bonchev–Trinajstić information content (AvgIpc) is 3.11. The summed E-state index contributed by atoms with van der Waals surface area (Å²) in [5.41, 5.74) is 1.18. The summed E-state index contributed by atoms with van der Waals surface area (Å²) >= 11 is 3.55. The van der Waals surface area contributed by atoms with Crippen LogP contribution in [-0.2, 0) is 6.54 Å². The van der Waals surface area contributed by atoms with Gasteiger partial charge in [-0.2, -0.15) is 0 Å². The highest BCUT2D eigenvalue weighted by Gasteiger charge is 2.09. The molecule has 6 nitrogen and oxygen atoms in total. The zero-order valence-electron chi connectivity index (χ0n) is 13.8. The fourth-order valence-corrected chi connectivity index (χ4v) is 2.60. The molecule has 0 bridgehead atoms. The van der Waals surface area contributed by atoms with Gasteiger partial charge in [-0.25, -0.2) is 0 Å². The highest BCUT2D eigenvalue weighted by molar-refractivity contribution is 9.10. The van der Waals surface area contributed by atoms with Crippen LogP contribution in [0.15, 0.2) is 56.5 Å². The molecule has 128 valence electrons. The summed E-state index contributed by atoms with van der Waals surface area (Å²) in [4.78, 5) is 18.0. The van der Waals surface area contributed by atoms with Gasteiger partial charge in [0.1, 0.15) is 0 Å². The number of rotatable bonds is 6. The first-order valence-electron chi connectivity index (χ1n) is 7.58. The maximum atomic E-state index is 11.8. The average molecular weight is 393 g/mol. The number of nitrogens with zero attached hydrogens (tertiary/aromatic N) is 2. The minimum Gasteiger partial charge on any atom is -0.459 e. The predicted octanol–water partition coefficient (Wildman–Crippen LogP) is 2.48. The SMILES string of the molecule is CN=C(NCCNC(=O)c1ccco1)N(C)Cc1ccccc1Br. The second kappa shape index (κ2) is 9.12. The Kier molecular flexibility index (Phi) is 6.87. The van der Waals surface area contributed by atoms with Gasteiger partial charge in [-0.15, -0.1) is 0 Å². The molecule has 2 N–H and O–H groups in total. The van der Waals surface area contributed by atoms with Gasteiger partial charge in [0.25, 0.3) is 5.91 Å². The van der Waals surface area contributed by atoms with Crippen LogP contribution in [0.3, 0.4) is 0 Å². The molecule has 1 heterocycles. The number of aliphatic imine (C=N–C) groups is 1. The van der Waals surface area contributed by atoms with Crippen LogP contribution in [0.1, 0.15) is 16.1 Å². The highest BCUT2D eigenvalue weighted by Crippen LogP contribution is 2.17. The summed E-state index contributed by atoms with van der Waals surface area (Å²) < 4.78 is 6.11. The zero-order chi connectivity index (χ0) is 17.4. The summed E-state index contributed by atoms with van der Waals surface area (Å²) in [5.74, 6) is 0.849. The Morgan fingerprint density at radius 2 is 1.96 bits per heavy atom. The van der Waals surface area contributed by atoms with Crippen molar-refractivity contribution < 1.29 is 9.21 Å². The normalized spacial score (nSPS) is 11.2. The summed E-state index contributed by atoms with van der Waals surface area (Å²) in [6.45, 7) is 1.76. The van der Waals surface area contributed by atoms with Crippen LogP contribution in [0.5, 0.6) is 0 Å². The van der Waals surface area contributed by atoms with Crippen molar-refractivity contribution in [2.75, 3.05) is 27.2 Å². The number of hydrogen-bond acceptors (Lipinski definition) is 3. The van der Waals surface area contributed by atoms with E-state index in [0.29, 0.717) is 18.8 Å². The maximum absolute atomic E-state index is 11.8. The smallest absolute Gasteiger partial charge is 0.287 e. The second-order valence-electron chi connectivity index (χ2n) is 5.15. The molecule has 0 saturated carbocycles. The van der Waals surface area contributed by atoms with Crippen molar-refractivity contribution in [3.05, 3.63) is 58.5 Å². The number of amides is 1. The quantitative estimate of drug-likeness (QED) is 0.450. The summed E-state index contributed by atoms with van der Waals surface area (Å²) in [6, 6.07) is 11.4. The number of guanidine groups is 1. The molecule has 2 aromatic rings. The lowest BCUT2D eigenvalue weighted by molar-refractivity contribution is 0.0926. The number of carbonyl (C=O) groups excluding carboxylic acids is 1. The molecule has 24 heavy (non-hydrogen) atoms. The van der Waals surface area contributed by atoms with Gasteiger partial charge in [0.15, 0.2) is 11.7 Å². The van der Waals surface area contributed by atoms with Gasteiger partial charge >= 0.3 is 0 Å². The van der Waals surface area contributed by atoms with Crippen LogP contribution in [-0.4, -0.2) is 44.0 Å². The van der Waals surface area contributed by atoms with Gasteiger partial charge in [-0.1, -0.05) is 34.1 Å². The van der Waals surface area contributed by atoms with Gasteiger partial charge in [0.05, 0.1) is 6.26 Å². The van der Waals surface area contributed by atoms with E-state index in [0.717, 1.165) is 17.0 Å². The highest BCUT2D eigenvalue weighted by atomic mass is 79.9. The van der Waals surface area contributed by atoms with Gasteiger partial charge in [-0.3, -0.25) is 9.79 Å². The van der Waals surface area contributed by atoms with E-state index in [-0.39, 0.29) is 5.91 Å². The molecular weight excluding hydrogens is 372 g/mol. The third-order valence-electron chi connectivity index (χ3n) is 3.38. The lowest BCUT2D eigenvalue weighted by Gasteiger charge is -2.22. The number of benzene rings is 1. The fraction of sp³-hybridized carbons (Fsp3) is 0.294. The summed E-state index contributed by atoms with van der Waals surface area (Å²) in [6.07, 6.45) is 1.48. The molecule has 0 aliphatic carbocycles. The number of halogens is 1. The monoisotopic (exact) mass is 392 g/mol. The minimum absolute atomic E-state index is 0.224. The van der Waals surface area contributed by atoms with Crippen LogP contribution in [0.2, 0.25) is 0 Å². The molecule has 0 radical (unpaired) electrons. The topological polar surface area (TPSA) is 69.9 Å². The molecule has 0 aliphatic rings. The molecule has 0 saturated heterocycles. The molecule has 7 heteroatoms. The van der Waals surface area contributed by atoms with Crippen molar-refractivity contribution in [3.63, 3.8) is 0 Å². The zero-order valence-corrected chi connectivity index (χ0v) is 15.3. The van der Waals surface area contributed by atoms with Crippen molar-refractivity contribution in [1.29, 1.82) is 0 Å². The van der Waals surface area contributed by atoms with Gasteiger partial charge in [0, 0.05) is 38.2 Å². The van der Waals surface area contributed by atoms with Crippen molar-refractivity contribution >= 4 is 27.8 Å². The lowest BCUT2D eigenvalue weighted by Crippen LogP contribution is -2.42. The van der Waals surface area contributed by atoms with E-state index in [1.54, 1.807) is 19.2 Å². The van der Waals surface area contributed by atoms with E-state index in [9.17, 15) is 4.79 Å². The van der Waals surface area contributed by atoms with Crippen molar-refractivity contribution in [2.45, 2.75) is 6.54 Å². The Labute approximate surface area is 150 Å². The Balaban J connectivity index is 1.77. The lowest BCUT2D eigenvalue weighted by atomic mass is 10.2. The Bertz CT molecular complexity index is 686. The largest absolute Gasteiger partial charge is 0.459 e. The Morgan fingerprint density at radius 1 is 1.21 bits per heavy atom. The van der Waals surface area contributed by atoms with Gasteiger partial charge < -0.3 is 20.0 Å². The van der Waals surface area contributed by atoms with Crippen LogP contribution in [0, 0.1) is 0 Å². The molecule has 2 rings (SSSR count). The molecule has 0 atom stereocenters. The van der Waals surface area contributed by atoms with Gasteiger partial charge in [0.2, 0.25) is 0 Å². The van der Waals surface area contributed by atoms with Crippen molar-refractivity contribution in [3.8, 4) is 0 Å². The maximum Gasteiger partial charge on any atom is 0.287 e. The molecule has 0 aliphatic heterocycles. The summed E-state index contributed by atoms with van der Waals surface area (Å²) in [7, 11) is 3.70. The third-order valence-corrected chi connectivity index (χ3v) is 4.15. The number of furan rings is 1. The van der Waals surface area contributed by atoms with Crippen LogP contribution in [0.25, 0.3) is 0 Å². The first kappa shape index (κ1) is 18.1. The summed E-state index contributed by atoms with van der Waals surface area (Å²) in [5, 5.41) is 6.01. The van der Waals surface area contributed by atoms with E-state index < -0.39 is 0 Å². The van der Waals surface area contributed by atoms with E-state index in [1.807, 2.05) is 30.1 Å². The molecule has 0 unspecified atom stereocenters. The van der Waals surface area contributed by atoms with E-state index in [4.69, 9.17) is 4.42 Å². The first-order valence-corrected chi connectivity index (χ1v) is 8.38. The van der Waals surface area contributed by atoms with E-state index >= 15 is 0 Å². The van der Waals surface area contributed by atoms with E-state index in [1.165, 1.54) is 11.8 Å². The Hall–Kier alpha value is -2.28. The molecule has 1 amide bonds. The second-order valence-corrected chi connectivity index (χ2v) is 6.01. The number of carbonyl (C=O) groups is 1. The standard InChI is InChI=1S/C17H21BrN4O2/c1-19-17(22(2)12-13-6-3-4-7-14(13)18)21-10-9-20-16(23)15-8-5-11-24-15/h3-8,11H,9-10,12H2,1-2H3,(H,19,21)(H,20,23). The van der Waals surface area contributed by atoms with Crippen LogP contribution >= 0.6 is 15.9 Å². The van der Waals surface area contributed by atoms with Crippen LogP contribution < -0.4 is 10.6 Å². The number of nitrogens with one attached hydrogen (secondary N) is 2. The van der Waals surface area contributed by atoms with E-state index in [2.05, 4.69) is 37.6 Å². The molecule has 1 aromatic heterocycles. The van der Waals surface area contributed by atoms with Gasteiger partial charge in [-0.05, 0) is 23.8 Å². The Morgan fingerprint density at radius 3 is 2.62 bits per heavy atom. The molecule has 1 aromatic carbocycles.